The van der Waals surface area contributed by atoms with Crippen LogP contribution in [0.15, 0.2) is 18.2 Å². The van der Waals surface area contributed by atoms with E-state index in [9.17, 15) is 4.79 Å². The van der Waals surface area contributed by atoms with Gasteiger partial charge in [-0.05, 0) is 24.6 Å². The highest BCUT2D eigenvalue weighted by molar-refractivity contribution is 5.91. The predicted molar refractivity (Wildman–Crippen MR) is 61.0 cm³/mol. The molecule has 15 heavy (non-hydrogen) atoms. The molecule has 0 amide bonds. The number of carbonyl (C=O) groups is 1. The van der Waals surface area contributed by atoms with E-state index in [0.717, 1.165) is 18.7 Å². The van der Waals surface area contributed by atoms with Crippen molar-refractivity contribution in [2.45, 2.75) is 13.3 Å². The quantitative estimate of drug-likeness (QED) is 0.585. The van der Waals surface area contributed by atoms with Crippen LogP contribution in [0.2, 0.25) is 0 Å². The number of benzene rings is 1. The lowest BCUT2D eigenvalue weighted by Gasteiger charge is -2.09. The molecule has 0 spiro atoms. The van der Waals surface area contributed by atoms with Crippen molar-refractivity contribution in [1.82, 2.24) is 0 Å². The molecule has 0 unspecified atom stereocenters. The minimum absolute atomic E-state index is 0.372. The molecule has 0 fully saturated rings. The third kappa shape index (κ3) is 2.87. The second-order valence-electron chi connectivity index (χ2n) is 3.22. The average Bonchev–Trinajstić information content (AvgIpc) is 2.26. The number of esters is 1. The molecule has 4 nitrogen and oxygen atoms in total. The summed E-state index contributed by atoms with van der Waals surface area (Å²) in [4.78, 5) is 11.2. The summed E-state index contributed by atoms with van der Waals surface area (Å²) in [7, 11) is 1.35. The number of ether oxygens (including phenoxy) is 1. The first kappa shape index (κ1) is 11.4. The second kappa shape index (κ2) is 5.24. The fraction of sp³-hybridized carbons (Fsp3) is 0.364. The number of anilines is 2. The summed E-state index contributed by atoms with van der Waals surface area (Å²) in [6, 6.07) is 5.10. The topological polar surface area (TPSA) is 64.3 Å². The Bertz CT molecular complexity index is 350. The van der Waals surface area contributed by atoms with Gasteiger partial charge >= 0.3 is 5.97 Å². The highest BCUT2D eigenvalue weighted by Gasteiger charge is 2.07. The third-order valence-electron chi connectivity index (χ3n) is 2.04. The number of hydrogen-bond donors (Lipinski definition) is 2. The summed E-state index contributed by atoms with van der Waals surface area (Å²) in [5.41, 5.74) is 7.67. The molecule has 0 heterocycles. The molecule has 0 saturated heterocycles. The van der Waals surface area contributed by atoms with Crippen LogP contribution in [0.1, 0.15) is 23.7 Å². The zero-order chi connectivity index (χ0) is 11.3. The van der Waals surface area contributed by atoms with Crippen molar-refractivity contribution < 1.29 is 9.53 Å². The van der Waals surface area contributed by atoms with E-state index < -0.39 is 0 Å². The third-order valence-corrected chi connectivity index (χ3v) is 2.04. The Kier molecular flexibility index (Phi) is 3.97. The van der Waals surface area contributed by atoms with Gasteiger partial charge in [0.2, 0.25) is 0 Å². The second-order valence-corrected chi connectivity index (χ2v) is 3.22. The van der Waals surface area contributed by atoms with Gasteiger partial charge in [-0.15, -0.1) is 0 Å². The standard InChI is InChI=1S/C11H16N2O2/c1-3-6-13-10-5-4-8(7-9(10)12)11(14)15-2/h4-5,7,13H,3,6,12H2,1-2H3. The van der Waals surface area contributed by atoms with Gasteiger partial charge in [0.1, 0.15) is 0 Å². The van der Waals surface area contributed by atoms with Gasteiger partial charge in [0.05, 0.1) is 24.0 Å². The lowest BCUT2D eigenvalue weighted by molar-refractivity contribution is 0.0601. The van der Waals surface area contributed by atoms with Gasteiger partial charge in [-0.2, -0.15) is 0 Å². The summed E-state index contributed by atoms with van der Waals surface area (Å²) in [5.74, 6) is -0.372. The van der Waals surface area contributed by atoms with Crippen molar-refractivity contribution in [2.75, 3.05) is 24.7 Å². The molecule has 1 aromatic carbocycles. The Morgan fingerprint density at radius 3 is 2.80 bits per heavy atom. The zero-order valence-corrected chi connectivity index (χ0v) is 9.04. The largest absolute Gasteiger partial charge is 0.465 e. The Balaban J connectivity index is 2.83. The van der Waals surface area contributed by atoms with E-state index in [1.807, 2.05) is 0 Å². The molecule has 3 N–H and O–H groups in total. The van der Waals surface area contributed by atoms with E-state index in [1.54, 1.807) is 18.2 Å². The van der Waals surface area contributed by atoms with E-state index in [1.165, 1.54) is 7.11 Å². The normalized spacial score (nSPS) is 9.73. The van der Waals surface area contributed by atoms with Gasteiger partial charge in [0, 0.05) is 6.54 Å². The molecule has 0 saturated carbocycles. The number of methoxy groups -OCH3 is 1. The van der Waals surface area contributed by atoms with Gasteiger partial charge in [0.25, 0.3) is 0 Å². The van der Waals surface area contributed by atoms with Gasteiger partial charge in [-0.1, -0.05) is 6.92 Å². The van der Waals surface area contributed by atoms with Crippen LogP contribution in [-0.4, -0.2) is 19.6 Å². The van der Waals surface area contributed by atoms with Crippen LogP contribution in [0.4, 0.5) is 11.4 Å². The molecule has 82 valence electrons. The maximum atomic E-state index is 11.2. The Morgan fingerprint density at radius 1 is 1.53 bits per heavy atom. The van der Waals surface area contributed by atoms with Crippen LogP contribution in [0.5, 0.6) is 0 Å². The Hall–Kier alpha value is -1.71. The van der Waals surface area contributed by atoms with Crippen LogP contribution in [-0.2, 0) is 4.74 Å². The molecule has 1 aromatic rings. The van der Waals surface area contributed by atoms with Crippen LogP contribution >= 0.6 is 0 Å². The predicted octanol–water partition coefficient (Wildman–Crippen LogP) is 1.88. The summed E-state index contributed by atoms with van der Waals surface area (Å²) in [5, 5.41) is 3.17. The summed E-state index contributed by atoms with van der Waals surface area (Å²) in [6.07, 6.45) is 1.03. The first-order chi connectivity index (χ1) is 7.19. The number of hydrogen-bond acceptors (Lipinski definition) is 4. The zero-order valence-electron chi connectivity index (χ0n) is 9.04. The van der Waals surface area contributed by atoms with E-state index in [2.05, 4.69) is 17.0 Å². The molecule has 0 radical (unpaired) electrons. The lowest BCUT2D eigenvalue weighted by Crippen LogP contribution is -2.06. The molecule has 1 rings (SSSR count). The van der Waals surface area contributed by atoms with Crippen LogP contribution in [0.25, 0.3) is 0 Å². The van der Waals surface area contributed by atoms with Gasteiger partial charge in [-0.3, -0.25) is 0 Å². The molecule has 0 aliphatic carbocycles. The van der Waals surface area contributed by atoms with Crippen LogP contribution in [0, 0.1) is 0 Å². The molecule has 0 bridgehead atoms. The van der Waals surface area contributed by atoms with E-state index in [-0.39, 0.29) is 5.97 Å². The van der Waals surface area contributed by atoms with Crippen molar-refractivity contribution in [3.63, 3.8) is 0 Å². The fourth-order valence-electron chi connectivity index (χ4n) is 1.23. The fourth-order valence-corrected chi connectivity index (χ4v) is 1.23. The molecular formula is C11H16N2O2. The molecule has 0 aromatic heterocycles. The molecular weight excluding hydrogens is 192 g/mol. The number of nitrogens with two attached hydrogens (primary N) is 1. The van der Waals surface area contributed by atoms with Crippen molar-refractivity contribution in [3.8, 4) is 0 Å². The maximum absolute atomic E-state index is 11.2. The maximum Gasteiger partial charge on any atom is 0.337 e. The molecule has 4 heteroatoms. The van der Waals surface area contributed by atoms with Gasteiger partial charge < -0.3 is 15.8 Å². The smallest absolute Gasteiger partial charge is 0.337 e. The van der Waals surface area contributed by atoms with E-state index in [0.29, 0.717) is 11.3 Å². The lowest BCUT2D eigenvalue weighted by atomic mass is 10.1. The van der Waals surface area contributed by atoms with Crippen molar-refractivity contribution >= 4 is 17.3 Å². The van der Waals surface area contributed by atoms with Gasteiger partial charge in [0.15, 0.2) is 0 Å². The van der Waals surface area contributed by atoms with Gasteiger partial charge in [-0.25, -0.2) is 4.79 Å². The minimum Gasteiger partial charge on any atom is -0.465 e. The monoisotopic (exact) mass is 208 g/mol. The first-order valence-electron chi connectivity index (χ1n) is 4.90. The molecule has 0 aliphatic rings. The highest BCUT2D eigenvalue weighted by Crippen LogP contribution is 2.20. The highest BCUT2D eigenvalue weighted by atomic mass is 16.5. The van der Waals surface area contributed by atoms with Crippen molar-refractivity contribution in [2.24, 2.45) is 0 Å². The van der Waals surface area contributed by atoms with Crippen molar-refractivity contribution in [1.29, 1.82) is 0 Å². The first-order valence-corrected chi connectivity index (χ1v) is 4.90. The summed E-state index contributed by atoms with van der Waals surface area (Å²) < 4.78 is 4.60. The summed E-state index contributed by atoms with van der Waals surface area (Å²) >= 11 is 0. The minimum atomic E-state index is -0.372. The Labute approximate surface area is 89.4 Å². The van der Waals surface area contributed by atoms with Crippen LogP contribution < -0.4 is 11.1 Å². The van der Waals surface area contributed by atoms with E-state index in [4.69, 9.17) is 5.73 Å². The number of carbonyl (C=O) groups excluding carboxylic acids is 1. The summed E-state index contributed by atoms with van der Waals surface area (Å²) in [6.45, 7) is 2.94. The molecule has 0 atom stereocenters. The number of nitrogen functional groups attached to an aromatic ring is 1. The number of nitrogens with one attached hydrogen (secondary N) is 1. The van der Waals surface area contributed by atoms with Crippen LogP contribution in [0.3, 0.4) is 0 Å². The SMILES string of the molecule is CCCNc1ccc(C(=O)OC)cc1N. The van der Waals surface area contributed by atoms with E-state index >= 15 is 0 Å². The average molecular weight is 208 g/mol. The number of rotatable bonds is 4. The van der Waals surface area contributed by atoms with Crippen molar-refractivity contribution in [3.05, 3.63) is 23.8 Å². The Morgan fingerprint density at radius 2 is 2.27 bits per heavy atom. The molecule has 0 aliphatic heterocycles.